The molecule has 3 aromatic rings. The summed E-state index contributed by atoms with van der Waals surface area (Å²) in [6.07, 6.45) is 4.20. The summed E-state index contributed by atoms with van der Waals surface area (Å²) in [5, 5.41) is 3.31. The van der Waals surface area contributed by atoms with E-state index in [1.165, 1.54) is 4.31 Å². The molecule has 0 atom stereocenters. The number of likely N-dealkylation sites (tertiary alicyclic amines) is 1. The van der Waals surface area contributed by atoms with Gasteiger partial charge in [0, 0.05) is 23.7 Å². The topological polar surface area (TPSA) is 86.8 Å². The molecule has 1 aliphatic rings. The number of benzene rings is 3. The van der Waals surface area contributed by atoms with Crippen molar-refractivity contribution >= 4 is 44.8 Å². The molecule has 1 aliphatic heterocycles. The first kappa shape index (κ1) is 25.7. The number of hydrogen-bond acceptors (Lipinski definition) is 4. The summed E-state index contributed by atoms with van der Waals surface area (Å²) in [6.45, 7) is 1.50. The maximum Gasteiger partial charge on any atom is 0.255 e. The Kier molecular flexibility index (Phi) is 7.96. The summed E-state index contributed by atoms with van der Waals surface area (Å²) < 4.78 is 26.3. The number of carbonyl (C=O) groups is 2. The van der Waals surface area contributed by atoms with E-state index >= 15 is 0 Å². The monoisotopic (exact) mass is 525 g/mol. The van der Waals surface area contributed by atoms with Crippen LogP contribution in [0.3, 0.4) is 0 Å². The van der Waals surface area contributed by atoms with Crippen LogP contribution in [0.25, 0.3) is 0 Å². The standard InChI is InChI=1S/C27H28ClN3O4S/c1-36(34,35)31(19-21-9-3-5-11-24(21)28)22-15-13-20(14-16-22)26(32)29-25-12-6-4-10-23(25)27(33)30-17-7-2-8-18-30/h3-6,9-16H,2,7-8,17-19H2,1H3,(H,29,32). The second-order valence-electron chi connectivity index (χ2n) is 8.76. The van der Waals surface area contributed by atoms with Gasteiger partial charge in [0.2, 0.25) is 10.0 Å². The Balaban J connectivity index is 1.52. The smallest absolute Gasteiger partial charge is 0.255 e. The number of nitrogens with one attached hydrogen (secondary N) is 1. The minimum atomic E-state index is -3.61. The highest BCUT2D eigenvalue weighted by Crippen LogP contribution is 2.25. The van der Waals surface area contributed by atoms with Crippen LogP contribution < -0.4 is 9.62 Å². The van der Waals surface area contributed by atoms with E-state index in [4.69, 9.17) is 11.6 Å². The van der Waals surface area contributed by atoms with Crippen molar-refractivity contribution in [1.82, 2.24) is 4.90 Å². The fraction of sp³-hybridized carbons (Fsp3) is 0.259. The van der Waals surface area contributed by atoms with Crippen LogP contribution in [0, 0.1) is 0 Å². The molecular formula is C27H28ClN3O4S. The molecule has 2 amide bonds. The third kappa shape index (κ3) is 6.06. The first-order valence-corrected chi connectivity index (χ1v) is 14.0. The van der Waals surface area contributed by atoms with E-state index in [1.54, 1.807) is 72.8 Å². The van der Waals surface area contributed by atoms with Crippen molar-refractivity contribution in [3.8, 4) is 0 Å². The van der Waals surface area contributed by atoms with Crippen LogP contribution in [0.4, 0.5) is 11.4 Å². The number of sulfonamides is 1. The molecule has 0 bridgehead atoms. The molecule has 1 N–H and O–H groups in total. The lowest BCUT2D eigenvalue weighted by molar-refractivity contribution is 0.0725. The molecule has 36 heavy (non-hydrogen) atoms. The molecule has 1 saturated heterocycles. The lowest BCUT2D eigenvalue weighted by atomic mass is 10.1. The maximum absolute atomic E-state index is 13.0. The van der Waals surface area contributed by atoms with Crippen LogP contribution in [0.1, 0.15) is 45.5 Å². The molecule has 0 aliphatic carbocycles. The Bertz CT molecular complexity index is 1350. The fourth-order valence-electron chi connectivity index (χ4n) is 4.20. The van der Waals surface area contributed by atoms with Gasteiger partial charge in [0.15, 0.2) is 0 Å². The molecule has 188 valence electrons. The normalized spacial score (nSPS) is 13.8. The molecule has 0 unspecified atom stereocenters. The van der Waals surface area contributed by atoms with E-state index in [9.17, 15) is 18.0 Å². The number of anilines is 2. The number of rotatable bonds is 7. The van der Waals surface area contributed by atoms with Crippen molar-refractivity contribution in [3.05, 3.63) is 94.5 Å². The maximum atomic E-state index is 13.0. The van der Waals surface area contributed by atoms with Crippen LogP contribution in [0.15, 0.2) is 72.8 Å². The summed E-state index contributed by atoms with van der Waals surface area (Å²) in [5.74, 6) is -0.484. The second-order valence-corrected chi connectivity index (χ2v) is 11.1. The number of carbonyl (C=O) groups excluding carboxylic acids is 2. The Morgan fingerprint density at radius 2 is 1.56 bits per heavy atom. The van der Waals surface area contributed by atoms with Crippen molar-refractivity contribution in [2.75, 3.05) is 29.0 Å². The van der Waals surface area contributed by atoms with E-state index < -0.39 is 15.9 Å². The molecule has 4 rings (SSSR count). The van der Waals surface area contributed by atoms with Gasteiger partial charge in [-0.2, -0.15) is 0 Å². The van der Waals surface area contributed by atoms with Crippen LogP contribution in [0.5, 0.6) is 0 Å². The van der Waals surface area contributed by atoms with E-state index in [-0.39, 0.29) is 12.5 Å². The average Bonchev–Trinajstić information content (AvgIpc) is 2.88. The molecule has 0 radical (unpaired) electrons. The molecular weight excluding hydrogens is 498 g/mol. The largest absolute Gasteiger partial charge is 0.339 e. The summed E-state index contributed by atoms with van der Waals surface area (Å²) in [5.41, 5.74) is 2.31. The summed E-state index contributed by atoms with van der Waals surface area (Å²) in [4.78, 5) is 27.8. The third-order valence-corrected chi connectivity index (χ3v) is 7.65. The zero-order valence-corrected chi connectivity index (χ0v) is 21.6. The highest BCUT2D eigenvalue weighted by Gasteiger charge is 2.22. The zero-order chi connectivity index (χ0) is 25.7. The molecule has 7 nitrogen and oxygen atoms in total. The average molecular weight is 526 g/mol. The van der Waals surface area contributed by atoms with E-state index in [2.05, 4.69) is 5.32 Å². The van der Waals surface area contributed by atoms with Gasteiger partial charge >= 0.3 is 0 Å². The number of nitrogens with zero attached hydrogens (tertiary/aromatic N) is 2. The van der Waals surface area contributed by atoms with Gasteiger partial charge in [-0.1, -0.05) is 41.9 Å². The molecule has 3 aromatic carbocycles. The van der Waals surface area contributed by atoms with Crippen molar-refractivity contribution in [2.24, 2.45) is 0 Å². The highest BCUT2D eigenvalue weighted by molar-refractivity contribution is 7.92. The van der Waals surface area contributed by atoms with Gasteiger partial charge in [-0.3, -0.25) is 13.9 Å². The summed E-state index contributed by atoms with van der Waals surface area (Å²) >= 11 is 6.23. The lowest BCUT2D eigenvalue weighted by Gasteiger charge is -2.27. The molecule has 0 spiro atoms. The van der Waals surface area contributed by atoms with Gasteiger partial charge in [0.05, 0.1) is 29.7 Å². The highest BCUT2D eigenvalue weighted by atomic mass is 35.5. The fourth-order valence-corrected chi connectivity index (χ4v) is 5.27. The van der Waals surface area contributed by atoms with E-state index in [0.717, 1.165) is 25.5 Å². The predicted molar refractivity (Wildman–Crippen MR) is 143 cm³/mol. The summed E-state index contributed by atoms with van der Waals surface area (Å²) in [6, 6.07) is 20.3. The van der Waals surface area contributed by atoms with Crippen molar-refractivity contribution in [1.29, 1.82) is 0 Å². The van der Waals surface area contributed by atoms with Gasteiger partial charge in [-0.25, -0.2) is 8.42 Å². The van der Waals surface area contributed by atoms with Crippen molar-refractivity contribution < 1.29 is 18.0 Å². The van der Waals surface area contributed by atoms with Gasteiger partial charge in [0.25, 0.3) is 11.8 Å². The molecule has 0 aromatic heterocycles. The Morgan fingerprint density at radius 1 is 0.917 bits per heavy atom. The summed E-state index contributed by atoms with van der Waals surface area (Å²) in [7, 11) is -3.61. The van der Waals surface area contributed by atoms with Gasteiger partial charge in [-0.05, 0) is 67.3 Å². The number of amides is 2. The quantitative estimate of drug-likeness (QED) is 0.460. The lowest BCUT2D eigenvalue weighted by Crippen LogP contribution is -2.36. The molecule has 1 fully saturated rings. The van der Waals surface area contributed by atoms with Crippen LogP contribution >= 0.6 is 11.6 Å². The minimum Gasteiger partial charge on any atom is -0.339 e. The van der Waals surface area contributed by atoms with Crippen LogP contribution in [0.2, 0.25) is 5.02 Å². The molecule has 0 saturated carbocycles. The Labute approximate surface area is 216 Å². The van der Waals surface area contributed by atoms with Crippen molar-refractivity contribution in [2.45, 2.75) is 25.8 Å². The van der Waals surface area contributed by atoms with Crippen LogP contribution in [-0.4, -0.2) is 44.5 Å². The van der Waals surface area contributed by atoms with Crippen LogP contribution in [-0.2, 0) is 16.6 Å². The molecule has 9 heteroatoms. The number of para-hydroxylation sites is 1. The first-order valence-electron chi connectivity index (χ1n) is 11.7. The SMILES string of the molecule is CS(=O)(=O)N(Cc1ccccc1Cl)c1ccc(C(=O)Nc2ccccc2C(=O)N2CCCCC2)cc1. The first-order chi connectivity index (χ1) is 17.2. The number of piperidine rings is 1. The predicted octanol–water partition coefficient (Wildman–Crippen LogP) is 5.18. The van der Waals surface area contributed by atoms with E-state index in [0.29, 0.717) is 46.2 Å². The zero-order valence-electron chi connectivity index (χ0n) is 20.0. The van der Waals surface area contributed by atoms with Gasteiger partial charge in [0.1, 0.15) is 0 Å². The number of halogens is 1. The number of hydrogen-bond donors (Lipinski definition) is 1. The Hall–Kier alpha value is -3.36. The Morgan fingerprint density at radius 3 is 2.22 bits per heavy atom. The second kappa shape index (κ2) is 11.1. The third-order valence-electron chi connectivity index (χ3n) is 6.14. The van der Waals surface area contributed by atoms with Gasteiger partial charge in [-0.15, -0.1) is 0 Å². The van der Waals surface area contributed by atoms with Gasteiger partial charge < -0.3 is 10.2 Å². The minimum absolute atomic E-state index is 0.0655. The van der Waals surface area contributed by atoms with Crippen molar-refractivity contribution in [3.63, 3.8) is 0 Å². The van der Waals surface area contributed by atoms with E-state index in [1.807, 2.05) is 4.90 Å². The molecule has 1 heterocycles.